The lowest BCUT2D eigenvalue weighted by Crippen LogP contribution is -2.15. The Balaban J connectivity index is 2.49. The Morgan fingerprint density at radius 1 is 1.10 bits per heavy atom. The van der Waals surface area contributed by atoms with Crippen molar-refractivity contribution in [1.82, 2.24) is 4.73 Å². The summed E-state index contributed by atoms with van der Waals surface area (Å²) in [6, 6.07) is 8.61. The summed E-state index contributed by atoms with van der Waals surface area (Å²) in [5, 5.41) is 14.3. The van der Waals surface area contributed by atoms with Gasteiger partial charge in [-0.2, -0.15) is 4.73 Å². The first-order chi connectivity index (χ1) is 9.38. The zero-order valence-corrected chi connectivity index (χ0v) is 11.0. The summed E-state index contributed by atoms with van der Waals surface area (Å²) in [5.74, 6) is 5.30. The number of benzene rings is 1. The van der Waals surface area contributed by atoms with Crippen LogP contribution in [0.5, 0.6) is 0 Å². The number of sulfonamides is 1. The van der Waals surface area contributed by atoms with E-state index in [4.69, 9.17) is 5.14 Å². The Morgan fingerprint density at radius 3 is 2.45 bits per heavy atom. The van der Waals surface area contributed by atoms with Crippen molar-refractivity contribution in [1.29, 1.82) is 0 Å². The van der Waals surface area contributed by atoms with Crippen LogP contribution in [0.1, 0.15) is 11.1 Å². The monoisotopic (exact) mass is 290 g/mol. The lowest BCUT2D eigenvalue weighted by Gasteiger charge is -2.00. The molecule has 2 aromatic rings. The third-order valence-electron chi connectivity index (χ3n) is 2.43. The van der Waals surface area contributed by atoms with Crippen LogP contribution in [0.2, 0.25) is 0 Å². The fraction of sp³-hybridized carbons (Fsp3) is 0. The van der Waals surface area contributed by atoms with Gasteiger partial charge in [0.2, 0.25) is 10.0 Å². The first-order valence-electron chi connectivity index (χ1n) is 5.44. The van der Waals surface area contributed by atoms with Gasteiger partial charge < -0.3 is 5.21 Å². The highest BCUT2D eigenvalue weighted by atomic mass is 32.2. The van der Waals surface area contributed by atoms with Crippen LogP contribution >= 0.6 is 0 Å². The van der Waals surface area contributed by atoms with Gasteiger partial charge in [0.1, 0.15) is 0 Å². The predicted octanol–water partition coefficient (Wildman–Crippen LogP) is 0.133. The number of aromatic nitrogens is 1. The summed E-state index contributed by atoms with van der Waals surface area (Å²) in [7, 11) is -3.86. The Kier molecular flexibility index (Phi) is 3.61. The number of nitrogens with zero attached hydrogens (tertiary/aromatic N) is 1. The van der Waals surface area contributed by atoms with Gasteiger partial charge in [-0.3, -0.25) is 4.79 Å². The summed E-state index contributed by atoms with van der Waals surface area (Å²) in [6.45, 7) is 0. The summed E-state index contributed by atoms with van der Waals surface area (Å²) < 4.78 is 23.2. The van der Waals surface area contributed by atoms with Gasteiger partial charge >= 0.3 is 0 Å². The van der Waals surface area contributed by atoms with E-state index in [0.717, 1.165) is 12.3 Å². The van der Waals surface area contributed by atoms with Crippen molar-refractivity contribution in [2.75, 3.05) is 0 Å². The molecule has 102 valence electrons. The van der Waals surface area contributed by atoms with Gasteiger partial charge in [-0.15, -0.1) is 0 Å². The van der Waals surface area contributed by atoms with Crippen LogP contribution in [0.4, 0.5) is 0 Å². The fourth-order valence-corrected chi connectivity index (χ4v) is 2.20. The highest BCUT2D eigenvalue weighted by Crippen LogP contribution is 2.12. The Morgan fingerprint density at radius 2 is 1.80 bits per heavy atom. The zero-order chi connectivity index (χ0) is 14.8. The molecule has 2 rings (SSSR count). The SMILES string of the molecule is NS(=O)(=O)c1ccccc1C#Cc1ccc(=O)n(O)c1. The molecule has 1 aromatic heterocycles. The first kappa shape index (κ1) is 13.9. The Labute approximate surface area is 115 Å². The Hall–Kier alpha value is -2.56. The number of pyridine rings is 1. The van der Waals surface area contributed by atoms with Crippen molar-refractivity contribution in [3.8, 4) is 11.8 Å². The van der Waals surface area contributed by atoms with Crippen molar-refractivity contribution in [2.24, 2.45) is 5.14 Å². The first-order valence-corrected chi connectivity index (χ1v) is 6.98. The molecule has 0 radical (unpaired) electrons. The number of hydrogen-bond donors (Lipinski definition) is 2. The van der Waals surface area contributed by atoms with E-state index >= 15 is 0 Å². The van der Waals surface area contributed by atoms with Crippen LogP contribution < -0.4 is 10.7 Å². The fourth-order valence-electron chi connectivity index (χ4n) is 1.51. The molecule has 0 aliphatic heterocycles. The number of rotatable bonds is 1. The normalized spacial score (nSPS) is 10.7. The van der Waals surface area contributed by atoms with Gasteiger partial charge in [-0.05, 0) is 18.2 Å². The molecule has 6 nitrogen and oxygen atoms in total. The lowest BCUT2D eigenvalue weighted by atomic mass is 10.2. The number of nitrogens with two attached hydrogens (primary N) is 1. The smallest absolute Gasteiger partial charge is 0.282 e. The highest BCUT2D eigenvalue weighted by Gasteiger charge is 2.11. The minimum Gasteiger partial charge on any atom is -0.425 e. The molecule has 0 fully saturated rings. The second-order valence-corrected chi connectivity index (χ2v) is 5.42. The van der Waals surface area contributed by atoms with Crippen molar-refractivity contribution < 1.29 is 13.6 Å². The molecule has 1 heterocycles. The maximum absolute atomic E-state index is 11.4. The molecule has 7 heteroatoms. The minimum absolute atomic E-state index is 0.0789. The van der Waals surface area contributed by atoms with Crippen LogP contribution in [0.3, 0.4) is 0 Å². The van der Waals surface area contributed by atoms with Gasteiger partial charge in [-0.1, -0.05) is 24.0 Å². The highest BCUT2D eigenvalue weighted by molar-refractivity contribution is 7.89. The van der Waals surface area contributed by atoms with Crippen LogP contribution in [-0.4, -0.2) is 18.4 Å². The molecule has 0 bridgehead atoms. The van der Waals surface area contributed by atoms with E-state index in [9.17, 15) is 18.4 Å². The molecule has 0 aliphatic rings. The predicted molar refractivity (Wildman–Crippen MR) is 71.7 cm³/mol. The van der Waals surface area contributed by atoms with Crippen LogP contribution in [0.15, 0.2) is 52.3 Å². The second kappa shape index (κ2) is 5.21. The third-order valence-corrected chi connectivity index (χ3v) is 3.40. The standard InChI is InChI=1S/C13H10N2O4S/c14-20(18,19)12-4-2-1-3-11(12)7-5-10-6-8-13(16)15(17)9-10/h1-4,6,8-9,17H,(H2,14,18,19). The van der Waals surface area contributed by atoms with E-state index in [1.165, 1.54) is 18.2 Å². The summed E-state index contributed by atoms with van der Waals surface area (Å²) in [6.07, 6.45) is 1.13. The molecule has 0 unspecified atom stereocenters. The van der Waals surface area contributed by atoms with E-state index in [2.05, 4.69) is 11.8 Å². The van der Waals surface area contributed by atoms with E-state index < -0.39 is 15.6 Å². The quantitative estimate of drug-likeness (QED) is 0.575. The average Bonchev–Trinajstić information content (AvgIpc) is 2.39. The minimum atomic E-state index is -3.86. The van der Waals surface area contributed by atoms with Gasteiger partial charge in [0.15, 0.2) is 0 Å². The number of hydrogen-bond acceptors (Lipinski definition) is 4. The van der Waals surface area contributed by atoms with E-state index in [1.807, 2.05) is 0 Å². The molecule has 3 N–H and O–H groups in total. The molecule has 1 aromatic carbocycles. The largest absolute Gasteiger partial charge is 0.425 e. The molecule has 0 aliphatic carbocycles. The van der Waals surface area contributed by atoms with Gasteiger partial charge in [0.05, 0.1) is 11.1 Å². The maximum atomic E-state index is 11.4. The van der Waals surface area contributed by atoms with Crippen LogP contribution in [0, 0.1) is 11.8 Å². The van der Waals surface area contributed by atoms with Crippen molar-refractivity contribution in [3.63, 3.8) is 0 Å². The zero-order valence-electron chi connectivity index (χ0n) is 10.1. The van der Waals surface area contributed by atoms with Crippen molar-refractivity contribution >= 4 is 10.0 Å². The maximum Gasteiger partial charge on any atom is 0.282 e. The second-order valence-electron chi connectivity index (χ2n) is 3.89. The molecule has 0 atom stereocenters. The molecule has 20 heavy (non-hydrogen) atoms. The van der Waals surface area contributed by atoms with Gasteiger partial charge in [-0.25, -0.2) is 13.6 Å². The molecular formula is C13H10N2O4S. The van der Waals surface area contributed by atoms with Crippen LogP contribution in [-0.2, 0) is 10.0 Å². The topological polar surface area (TPSA) is 102 Å². The molecular weight excluding hydrogens is 280 g/mol. The third kappa shape index (κ3) is 3.06. The molecule has 0 saturated heterocycles. The van der Waals surface area contributed by atoms with Crippen molar-refractivity contribution in [2.45, 2.75) is 4.90 Å². The van der Waals surface area contributed by atoms with E-state index in [0.29, 0.717) is 10.3 Å². The average molecular weight is 290 g/mol. The molecule has 0 saturated carbocycles. The lowest BCUT2D eigenvalue weighted by molar-refractivity contribution is 0.174. The van der Waals surface area contributed by atoms with Crippen molar-refractivity contribution in [3.05, 3.63) is 64.1 Å². The van der Waals surface area contributed by atoms with E-state index in [1.54, 1.807) is 12.1 Å². The van der Waals surface area contributed by atoms with Gasteiger partial charge in [0.25, 0.3) is 5.56 Å². The summed E-state index contributed by atoms with van der Waals surface area (Å²) in [4.78, 5) is 10.9. The van der Waals surface area contributed by atoms with Gasteiger partial charge in [0, 0.05) is 17.2 Å². The molecule has 0 amide bonds. The summed E-state index contributed by atoms with van der Waals surface area (Å²) >= 11 is 0. The van der Waals surface area contributed by atoms with E-state index in [-0.39, 0.29) is 10.5 Å². The number of primary sulfonamides is 1. The van der Waals surface area contributed by atoms with Crippen LogP contribution in [0.25, 0.3) is 0 Å². The summed E-state index contributed by atoms with van der Waals surface area (Å²) in [5.41, 5.74) is 0.0162. The Bertz CT molecular complexity index is 873. The molecule has 0 spiro atoms.